The Hall–Kier alpha value is -1.62. The summed E-state index contributed by atoms with van der Waals surface area (Å²) in [7, 11) is 1.69. The number of likely N-dealkylation sites (tertiary alicyclic amines) is 1. The van der Waals surface area contributed by atoms with Crippen LogP contribution in [0.5, 0.6) is 0 Å². The van der Waals surface area contributed by atoms with Crippen molar-refractivity contribution in [1.29, 1.82) is 0 Å². The third-order valence-corrected chi connectivity index (χ3v) is 3.47. The van der Waals surface area contributed by atoms with Crippen LogP contribution in [-0.2, 0) is 4.74 Å². The highest BCUT2D eigenvalue weighted by Crippen LogP contribution is 2.25. The van der Waals surface area contributed by atoms with Crippen LogP contribution in [0.3, 0.4) is 0 Å². The van der Waals surface area contributed by atoms with E-state index in [9.17, 15) is 4.79 Å². The Kier molecular flexibility index (Phi) is 3.52. The van der Waals surface area contributed by atoms with Crippen LogP contribution in [0.2, 0.25) is 0 Å². The van der Waals surface area contributed by atoms with Crippen LogP contribution in [0.25, 0.3) is 0 Å². The first-order valence-electron chi connectivity index (χ1n) is 6.10. The molecule has 0 bridgehead atoms. The van der Waals surface area contributed by atoms with Crippen molar-refractivity contribution in [2.24, 2.45) is 0 Å². The number of ether oxygens (including phenoxy) is 1. The number of nitrogens with zero attached hydrogens (tertiary/aromatic N) is 2. The molecule has 1 saturated heterocycles. The molecule has 1 aromatic heterocycles. The Morgan fingerprint density at radius 2 is 2.39 bits per heavy atom. The number of hydrogen-bond donors (Lipinski definition) is 1. The lowest BCUT2D eigenvalue weighted by Gasteiger charge is -2.39. The fourth-order valence-corrected chi connectivity index (χ4v) is 2.31. The summed E-state index contributed by atoms with van der Waals surface area (Å²) in [4.78, 5) is 18.1. The van der Waals surface area contributed by atoms with E-state index in [4.69, 9.17) is 10.5 Å². The summed E-state index contributed by atoms with van der Waals surface area (Å²) in [5.74, 6) is 0.361. The zero-order valence-electron chi connectivity index (χ0n) is 10.8. The predicted molar refractivity (Wildman–Crippen MR) is 69.2 cm³/mol. The van der Waals surface area contributed by atoms with Crippen molar-refractivity contribution in [3.8, 4) is 0 Å². The zero-order valence-corrected chi connectivity index (χ0v) is 10.8. The van der Waals surface area contributed by atoms with Crippen molar-refractivity contribution >= 4 is 11.7 Å². The highest BCUT2D eigenvalue weighted by atomic mass is 16.5. The molecule has 0 aromatic carbocycles. The molecule has 1 aromatic rings. The quantitative estimate of drug-likeness (QED) is 0.858. The van der Waals surface area contributed by atoms with Crippen LogP contribution >= 0.6 is 0 Å². The van der Waals surface area contributed by atoms with E-state index in [0.717, 1.165) is 19.4 Å². The summed E-state index contributed by atoms with van der Waals surface area (Å²) in [6, 6.07) is 3.30. The van der Waals surface area contributed by atoms with Gasteiger partial charge in [0, 0.05) is 32.0 Å². The average Bonchev–Trinajstić information content (AvgIpc) is 2.38. The number of pyridine rings is 1. The van der Waals surface area contributed by atoms with Gasteiger partial charge in [-0.25, -0.2) is 4.98 Å². The number of nitrogen functional groups attached to an aromatic ring is 1. The van der Waals surface area contributed by atoms with Crippen molar-refractivity contribution in [1.82, 2.24) is 9.88 Å². The molecule has 2 rings (SSSR count). The van der Waals surface area contributed by atoms with Gasteiger partial charge in [0.25, 0.3) is 5.91 Å². The Labute approximate surface area is 107 Å². The summed E-state index contributed by atoms with van der Waals surface area (Å²) < 4.78 is 5.49. The maximum absolute atomic E-state index is 12.3. The average molecular weight is 249 g/mol. The minimum Gasteiger partial charge on any atom is -0.384 e. The van der Waals surface area contributed by atoms with Crippen molar-refractivity contribution in [3.63, 3.8) is 0 Å². The minimum absolute atomic E-state index is 0.00734. The van der Waals surface area contributed by atoms with Gasteiger partial charge >= 0.3 is 0 Å². The third-order valence-electron chi connectivity index (χ3n) is 3.47. The van der Waals surface area contributed by atoms with Crippen LogP contribution in [0.4, 0.5) is 5.82 Å². The van der Waals surface area contributed by atoms with Gasteiger partial charge in [-0.05, 0) is 31.9 Å². The van der Waals surface area contributed by atoms with Gasteiger partial charge < -0.3 is 15.4 Å². The van der Waals surface area contributed by atoms with Gasteiger partial charge in [-0.1, -0.05) is 0 Å². The number of nitrogens with two attached hydrogens (primary N) is 1. The van der Waals surface area contributed by atoms with E-state index < -0.39 is 0 Å². The van der Waals surface area contributed by atoms with Crippen LogP contribution in [-0.4, -0.2) is 41.6 Å². The molecule has 0 radical (unpaired) electrons. The zero-order chi connectivity index (χ0) is 13.2. The first kappa shape index (κ1) is 12.8. The summed E-state index contributed by atoms with van der Waals surface area (Å²) in [6.45, 7) is 3.41. The number of amides is 1. The first-order valence-corrected chi connectivity index (χ1v) is 6.10. The normalized spacial score (nSPS) is 24.0. The number of anilines is 1. The minimum atomic E-state index is -0.244. The smallest absolute Gasteiger partial charge is 0.254 e. The Balaban J connectivity index is 2.14. The summed E-state index contributed by atoms with van der Waals surface area (Å²) in [5, 5.41) is 0. The molecule has 0 aliphatic carbocycles. The fraction of sp³-hybridized carbons (Fsp3) is 0.538. The molecule has 1 aliphatic heterocycles. The molecular weight excluding hydrogens is 230 g/mol. The summed E-state index contributed by atoms with van der Waals surface area (Å²) in [5.41, 5.74) is 5.94. The van der Waals surface area contributed by atoms with Crippen molar-refractivity contribution in [2.75, 3.05) is 25.9 Å². The molecule has 2 heterocycles. The third kappa shape index (κ3) is 2.61. The molecule has 0 spiro atoms. The molecule has 0 saturated carbocycles. The second kappa shape index (κ2) is 4.94. The van der Waals surface area contributed by atoms with Gasteiger partial charge in [0.1, 0.15) is 5.82 Å². The maximum atomic E-state index is 12.3. The molecule has 1 amide bonds. The predicted octanol–water partition coefficient (Wildman–Crippen LogP) is 1.30. The topological polar surface area (TPSA) is 68.5 Å². The van der Waals surface area contributed by atoms with Gasteiger partial charge in [-0.2, -0.15) is 0 Å². The molecule has 98 valence electrons. The SMILES string of the molecule is COC1(C)CCCN(C(=O)c2ccnc(N)c2)C1. The summed E-state index contributed by atoms with van der Waals surface area (Å²) in [6.07, 6.45) is 3.49. The first-order chi connectivity index (χ1) is 8.54. The molecule has 1 unspecified atom stereocenters. The number of rotatable bonds is 2. The molecular formula is C13H19N3O2. The number of carbonyl (C=O) groups is 1. The largest absolute Gasteiger partial charge is 0.384 e. The second-order valence-corrected chi connectivity index (χ2v) is 4.95. The van der Waals surface area contributed by atoms with Crippen LogP contribution in [0, 0.1) is 0 Å². The number of methoxy groups -OCH3 is 1. The number of hydrogen-bond acceptors (Lipinski definition) is 4. The van der Waals surface area contributed by atoms with E-state index in [-0.39, 0.29) is 11.5 Å². The van der Waals surface area contributed by atoms with Crippen molar-refractivity contribution < 1.29 is 9.53 Å². The van der Waals surface area contributed by atoms with Crippen LogP contribution in [0.1, 0.15) is 30.1 Å². The molecule has 5 heteroatoms. The van der Waals surface area contributed by atoms with Gasteiger partial charge in [-0.15, -0.1) is 0 Å². The fourth-order valence-electron chi connectivity index (χ4n) is 2.31. The highest BCUT2D eigenvalue weighted by molar-refractivity contribution is 5.94. The lowest BCUT2D eigenvalue weighted by atomic mass is 9.94. The maximum Gasteiger partial charge on any atom is 0.254 e. The van der Waals surface area contributed by atoms with E-state index in [1.165, 1.54) is 0 Å². The molecule has 1 aliphatic rings. The Bertz CT molecular complexity index is 450. The van der Waals surface area contributed by atoms with Gasteiger partial charge in [0.05, 0.1) is 5.60 Å². The van der Waals surface area contributed by atoms with Crippen LogP contribution < -0.4 is 5.73 Å². The van der Waals surface area contributed by atoms with E-state index >= 15 is 0 Å². The van der Waals surface area contributed by atoms with E-state index in [1.807, 2.05) is 11.8 Å². The van der Waals surface area contributed by atoms with Gasteiger partial charge in [-0.3, -0.25) is 4.79 Å². The molecule has 5 nitrogen and oxygen atoms in total. The number of carbonyl (C=O) groups excluding carboxylic acids is 1. The van der Waals surface area contributed by atoms with E-state index in [2.05, 4.69) is 4.98 Å². The standard InChI is InChI=1S/C13H19N3O2/c1-13(18-2)5-3-7-16(9-13)12(17)10-4-6-15-11(14)8-10/h4,6,8H,3,5,7,9H2,1-2H3,(H2,14,15). The Morgan fingerprint density at radius 3 is 3.06 bits per heavy atom. The Morgan fingerprint density at radius 1 is 1.61 bits per heavy atom. The molecule has 18 heavy (non-hydrogen) atoms. The van der Waals surface area contributed by atoms with Crippen LogP contribution in [0.15, 0.2) is 18.3 Å². The van der Waals surface area contributed by atoms with Crippen molar-refractivity contribution in [2.45, 2.75) is 25.4 Å². The van der Waals surface area contributed by atoms with Gasteiger partial charge in [0.15, 0.2) is 0 Å². The van der Waals surface area contributed by atoms with E-state index in [0.29, 0.717) is 17.9 Å². The monoisotopic (exact) mass is 249 g/mol. The number of aromatic nitrogens is 1. The molecule has 1 fully saturated rings. The molecule has 1 atom stereocenters. The number of piperidine rings is 1. The lowest BCUT2D eigenvalue weighted by Crippen LogP contribution is -2.49. The van der Waals surface area contributed by atoms with Crippen molar-refractivity contribution in [3.05, 3.63) is 23.9 Å². The van der Waals surface area contributed by atoms with E-state index in [1.54, 1.807) is 25.4 Å². The second-order valence-electron chi connectivity index (χ2n) is 4.95. The molecule has 2 N–H and O–H groups in total. The highest BCUT2D eigenvalue weighted by Gasteiger charge is 2.33. The summed E-state index contributed by atoms with van der Waals surface area (Å²) >= 11 is 0. The lowest BCUT2D eigenvalue weighted by molar-refractivity contribution is -0.0440. The van der Waals surface area contributed by atoms with Gasteiger partial charge in [0.2, 0.25) is 0 Å².